The first-order chi connectivity index (χ1) is 6.76. The summed E-state index contributed by atoms with van der Waals surface area (Å²) in [7, 11) is 0. The summed E-state index contributed by atoms with van der Waals surface area (Å²) >= 11 is 3.91. The van der Waals surface area contributed by atoms with E-state index < -0.39 is 23.7 Å². The molecule has 0 spiro atoms. The number of amides is 1. The van der Waals surface area contributed by atoms with Crippen molar-refractivity contribution in [2.24, 2.45) is 0 Å². The Kier molecular flexibility index (Phi) is 5.49. The number of rotatable bonds is 4. The maximum atomic E-state index is 11.2. The molecule has 88 valence electrons. The van der Waals surface area contributed by atoms with Gasteiger partial charge in [0.1, 0.15) is 11.6 Å². The van der Waals surface area contributed by atoms with Gasteiger partial charge in [-0.05, 0) is 32.9 Å². The van der Waals surface area contributed by atoms with Crippen LogP contribution in [0.1, 0.15) is 27.2 Å². The van der Waals surface area contributed by atoms with Crippen LogP contribution in [0, 0.1) is 0 Å². The van der Waals surface area contributed by atoms with Crippen LogP contribution in [0.4, 0.5) is 4.79 Å². The van der Waals surface area contributed by atoms with Crippen LogP contribution in [0.25, 0.3) is 0 Å². The van der Waals surface area contributed by atoms with E-state index in [1.807, 2.05) is 0 Å². The normalized spacial score (nSPS) is 13.1. The van der Waals surface area contributed by atoms with Gasteiger partial charge in [-0.2, -0.15) is 12.6 Å². The largest absolute Gasteiger partial charge is 0.480 e. The van der Waals surface area contributed by atoms with Crippen LogP contribution in [0.2, 0.25) is 0 Å². The lowest BCUT2D eigenvalue weighted by Crippen LogP contribution is -2.43. The van der Waals surface area contributed by atoms with Gasteiger partial charge in [-0.1, -0.05) is 0 Å². The van der Waals surface area contributed by atoms with Crippen LogP contribution in [0.15, 0.2) is 0 Å². The van der Waals surface area contributed by atoms with Crippen LogP contribution < -0.4 is 5.32 Å². The number of thiol groups is 1. The molecule has 0 rings (SSSR count). The predicted octanol–water partition coefficient (Wildman–Crippen LogP) is 1.28. The Bertz CT molecular complexity index is 237. The Morgan fingerprint density at radius 3 is 2.33 bits per heavy atom. The number of aliphatic carboxylic acids is 1. The lowest BCUT2D eigenvalue weighted by molar-refractivity contribution is -0.139. The molecule has 0 aliphatic heterocycles. The van der Waals surface area contributed by atoms with Gasteiger partial charge in [0.15, 0.2) is 0 Å². The molecule has 0 heterocycles. The maximum absolute atomic E-state index is 11.2. The Morgan fingerprint density at radius 1 is 1.47 bits per heavy atom. The van der Waals surface area contributed by atoms with Gasteiger partial charge in [0.25, 0.3) is 0 Å². The van der Waals surface area contributed by atoms with Crippen molar-refractivity contribution in [2.45, 2.75) is 38.8 Å². The van der Waals surface area contributed by atoms with Crippen molar-refractivity contribution in [1.82, 2.24) is 5.32 Å². The number of carboxylic acid groups (broad SMARTS) is 1. The number of alkyl carbamates (subject to hydrolysis) is 1. The molecule has 0 fully saturated rings. The Labute approximate surface area is 94.6 Å². The molecule has 0 aliphatic rings. The first-order valence-electron chi connectivity index (χ1n) is 4.59. The fourth-order valence-electron chi connectivity index (χ4n) is 0.836. The van der Waals surface area contributed by atoms with Crippen molar-refractivity contribution < 1.29 is 19.4 Å². The number of carbonyl (C=O) groups excluding carboxylic acids is 1. The summed E-state index contributed by atoms with van der Waals surface area (Å²) in [6.07, 6.45) is -0.464. The van der Waals surface area contributed by atoms with Crippen molar-refractivity contribution in [2.75, 3.05) is 5.75 Å². The summed E-state index contributed by atoms with van der Waals surface area (Å²) in [6.45, 7) is 5.13. The van der Waals surface area contributed by atoms with E-state index in [1.54, 1.807) is 20.8 Å². The molecule has 0 radical (unpaired) electrons. The second kappa shape index (κ2) is 5.85. The van der Waals surface area contributed by atoms with Gasteiger partial charge in [-0.25, -0.2) is 9.59 Å². The third-order valence-corrected chi connectivity index (χ3v) is 1.67. The number of carboxylic acids is 1. The highest BCUT2D eigenvalue weighted by Crippen LogP contribution is 2.07. The van der Waals surface area contributed by atoms with E-state index in [0.717, 1.165) is 0 Å². The quantitative estimate of drug-likeness (QED) is 0.642. The number of nitrogens with one attached hydrogen (secondary N) is 1. The molecule has 0 aromatic heterocycles. The lowest BCUT2D eigenvalue weighted by atomic mass is 10.2. The Balaban J connectivity index is 4.18. The molecule has 0 saturated heterocycles. The van der Waals surface area contributed by atoms with Crippen LogP contribution in [-0.2, 0) is 9.53 Å². The molecule has 0 aromatic rings. The van der Waals surface area contributed by atoms with Crippen LogP contribution >= 0.6 is 12.6 Å². The molecule has 0 bridgehead atoms. The molecule has 1 unspecified atom stereocenters. The van der Waals surface area contributed by atoms with E-state index in [1.165, 1.54) is 0 Å². The van der Waals surface area contributed by atoms with Gasteiger partial charge >= 0.3 is 12.1 Å². The minimum Gasteiger partial charge on any atom is -0.480 e. The summed E-state index contributed by atoms with van der Waals surface area (Å²) in [5.74, 6) is -0.706. The van der Waals surface area contributed by atoms with E-state index in [4.69, 9.17) is 9.84 Å². The van der Waals surface area contributed by atoms with E-state index in [9.17, 15) is 9.59 Å². The summed E-state index contributed by atoms with van der Waals surface area (Å²) in [5, 5.41) is 11.0. The average molecular weight is 235 g/mol. The number of carbonyl (C=O) groups is 2. The van der Waals surface area contributed by atoms with E-state index in [0.29, 0.717) is 5.75 Å². The van der Waals surface area contributed by atoms with Gasteiger partial charge in [-0.3, -0.25) is 0 Å². The summed E-state index contributed by atoms with van der Waals surface area (Å²) < 4.78 is 4.93. The molecular weight excluding hydrogens is 218 g/mol. The van der Waals surface area contributed by atoms with Gasteiger partial charge in [0.2, 0.25) is 0 Å². The highest BCUT2D eigenvalue weighted by atomic mass is 32.1. The van der Waals surface area contributed by atoms with E-state index >= 15 is 0 Å². The number of ether oxygens (including phenoxy) is 1. The average Bonchev–Trinajstić information content (AvgIpc) is 1.99. The fourth-order valence-corrected chi connectivity index (χ4v) is 1.09. The molecule has 5 nitrogen and oxygen atoms in total. The van der Waals surface area contributed by atoms with Crippen molar-refractivity contribution in [1.29, 1.82) is 0 Å². The van der Waals surface area contributed by atoms with Gasteiger partial charge in [-0.15, -0.1) is 0 Å². The minimum absolute atomic E-state index is 0.262. The van der Waals surface area contributed by atoms with Crippen molar-refractivity contribution in [3.8, 4) is 0 Å². The minimum atomic E-state index is -1.09. The Hall–Kier alpha value is -0.910. The number of hydrogen-bond acceptors (Lipinski definition) is 4. The topological polar surface area (TPSA) is 75.6 Å². The van der Waals surface area contributed by atoms with E-state index in [2.05, 4.69) is 17.9 Å². The summed E-state index contributed by atoms with van der Waals surface area (Å²) in [5.41, 5.74) is -0.631. The van der Waals surface area contributed by atoms with Gasteiger partial charge < -0.3 is 15.2 Å². The Morgan fingerprint density at radius 2 is 2.00 bits per heavy atom. The predicted molar refractivity (Wildman–Crippen MR) is 59.3 cm³/mol. The van der Waals surface area contributed by atoms with Crippen LogP contribution in [0.5, 0.6) is 0 Å². The van der Waals surface area contributed by atoms with Crippen molar-refractivity contribution >= 4 is 24.7 Å². The van der Waals surface area contributed by atoms with Gasteiger partial charge in [0.05, 0.1) is 0 Å². The molecule has 1 amide bonds. The van der Waals surface area contributed by atoms with Crippen LogP contribution in [-0.4, -0.2) is 34.6 Å². The number of hydrogen-bond donors (Lipinski definition) is 3. The molecule has 0 aliphatic carbocycles. The van der Waals surface area contributed by atoms with Crippen molar-refractivity contribution in [3.63, 3.8) is 0 Å². The first kappa shape index (κ1) is 14.1. The molecule has 6 heteroatoms. The second-order valence-electron chi connectivity index (χ2n) is 4.05. The van der Waals surface area contributed by atoms with Gasteiger partial charge in [0, 0.05) is 0 Å². The summed E-state index contributed by atoms with van der Waals surface area (Å²) in [6, 6.07) is -0.947. The second-order valence-corrected chi connectivity index (χ2v) is 4.50. The third-order valence-electron chi connectivity index (χ3n) is 1.41. The standard InChI is InChI=1S/C9H17NO4S/c1-9(2,3)14-8(13)10-6(4-5-15)7(11)12/h6,15H,4-5H2,1-3H3,(H,10,13)(H,11,12). The SMILES string of the molecule is CC(C)(C)OC(=O)NC(CCS)C(=O)O. The van der Waals surface area contributed by atoms with E-state index in [-0.39, 0.29) is 6.42 Å². The van der Waals surface area contributed by atoms with Crippen LogP contribution in [0.3, 0.4) is 0 Å². The zero-order valence-corrected chi connectivity index (χ0v) is 10.0. The molecular formula is C9H17NO4S. The molecule has 15 heavy (non-hydrogen) atoms. The molecule has 0 saturated carbocycles. The maximum Gasteiger partial charge on any atom is 0.408 e. The first-order valence-corrected chi connectivity index (χ1v) is 5.22. The molecule has 0 aromatic carbocycles. The fraction of sp³-hybridized carbons (Fsp3) is 0.778. The lowest BCUT2D eigenvalue weighted by Gasteiger charge is -2.21. The summed E-state index contributed by atoms with van der Waals surface area (Å²) in [4.78, 5) is 21.9. The highest BCUT2D eigenvalue weighted by Gasteiger charge is 2.22. The highest BCUT2D eigenvalue weighted by molar-refractivity contribution is 7.80. The zero-order valence-electron chi connectivity index (χ0n) is 9.11. The smallest absolute Gasteiger partial charge is 0.408 e. The third kappa shape index (κ3) is 7.07. The molecule has 2 N–H and O–H groups in total. The van der Waals surface area contributed by atoms with Crippen molar-refractivity contribution in [3.05, 3.63) is 0 Å². The monoisotopic (exact) mass is 235 g/mol. The molecule has 1 atom stereocenters. The zero-order chi connectivity index (χ0) is 12.1.